The topological polar surface area (TPSA) is 43.6 Å². The van der Waals surface area contributed by atoms with E-state index in [9.17, 15) is 0 Å². The molecule has 0 aliphatic rings. The van der Waals surface area contributed by atoms with E-state index >= 15 is 0 Å². The lowest BCUT2D eigenvalue weighted by Gasteiger charge is -2.19. The average Bonchev–Trinajstić information content (AvgIpc) is 3.01. The highest BCUT2D eigenvalue weighted by atomic mass is 15.6. The van der Waals surface area contributed by atoms with E-state index < -0.39 is 0 Å². The summed E-state index contributed by atoms with van der Waals surface area (Å²) in [6.07, 6.45) is 0.701. The molecule has 142 valence electrons. The Bertz CT molecular complexity index is 893. The lowest BCUT2D eigenvalue weighted by molar-refractivity contribution is 0.568. The maximum atomic E-state index is 4.56. The van der Waals surface area contributed by atoms with Gasteiger partial charge in [0.15, 0.2) is 5.82 Å². The summed E-state index contributed by atoms with van der Waals surface area (Å²) < 4.78 is 0. The molecule has 1 heterocycles. The number of aromatic nitrogens is 4. The number of rotatable bonds is 4. The third-order valence-electron chi connectivity index (χ3n) is 4.79. The molecule has 0 saturated heterocycles. The van der Waals surface area contributed by atoms with Crippen molar-refractivity contribution in [1.82, 2.24) is 20.2 Å². The largest absolute Gasteiger partial charge is 0.179 e. The average molecular weight is 363 g/mol. The zero-order valence-electron chi connectivity index (χ0n) is 17.3. The van der Waals surface area contributed by atoms with Crippen molar-refractivity contribution in [3.05, 3.63) is 76.6 Å². The Hall–Kier alpha value is -2.49. The fourth-order valence-electron chi connectivity index (χ4n) is 3.02. The van der Waals surface area contributed by atoms with E-state index in [1.165, 1.54) is 22.3 Å². The van der Waals surface area contributed by atoms with E-state index in [0.29, 0.717) is 13.0 Å². The first-order chi connectivity index (χ1) is 12.6. The Balaban J connectivity index is 1.69. The highest BCUT2D eigenvalue weighted by molar-refractivity contribution is 5.30. The van der Waals surface area contributed by atoms with Gasteiger partial charge in [0.25, 0.3) is 0 Å². The second kappa shape index (κ2) is 7.26. The quantitative estimate of drug-likeness (QED) is 0.662. The van der Waals surface area contributed by atoms with Gasteiger partial charge in [-0.3, -0.25) is 0 Å². The van der Waals surface area contributed by atoms with Crippen molar-refractivity contribution < 1.29 is 0 Å². The summed E-state index contributed by atoms with van der Waals surface area (Å²) in [7, 11) is 0. The van der Waals surface area contributed by atoms with Crippen molar-refractivity contribution in [2.45, 2.75) is 65.3 Å². The predicted molar refractivity (Wildman–Crippen MR) is 110 cm³/mol. The predicted octanol–water partition coefficient (Wildman–Crippen LogP) is 4.91. The zero-order chi connectivity index (χ0) is 19.7. The van der Waals surface area contributed by atoms with Crippen LogP contribution in [0, 0.1) is 0 Å². The van der Waals surface area contributed by atoms with E-state index in [0.717, 1.165) is 5.82 Å². The third kappa shape index (κ3) is 5.03. The molecular formula is C23H30N4. The number of nitrogens with zero attached hydrogens (tertiary/aromatic N) is 4. The second-order valence-corrected chi connectivity index (χ2v) is 9.31. The van der Waals surface area contributed by atoms with E-state index in [2.05, 4.69) is 105 Å². The smallest absolute Gasteiger partial charge is 0.160 e. The monoisotopic (exact) mass is 362 g/mol. The normalized spacial score (nSPS) is 12.4. The SMILES string of the molecule is CC(C)(C)c1ccc(Cn2nnc(Cc3cccc(C(C)(C)C)c3)n2)cc1. The van der Waals surface area contributed by atoms with Crippen LogP contribution in [0.1, 0.15) is 69.6 Å². The molecule has 0 fully saturated rings. The molecule has 4 nitrogen and oxygen atoms in total. The Morgan fingerprint density at radius 2 is 1.44 bits per heavy atom. The van der Waals surface area contributed by atoms with Gasteiger partial charge < -0.3 is 0 Å². The van der Waals surface area contributed by atoms with Gasteiger partial charge in [0, 0.05) is 6.42 Å². The molecule has 0 unspecified atom stereocenters. The standard InChI is InChI=1S/C23H30N4/c1-22(2,3)19-12-10-17(11-13-19)16-27-25-21(24-26-27)15-18-8-7-9-20(14-18)23(4,5)6/h7-14H,15-16H2,1-6H3. The van der Waals surface area contributed by atoms with E-state index in [1.807, 2.05) is 0 Å². The van der Waals surface area contributed by atoms with Crippen molar-refractivity contribution in [2.75, 3.05) is 0 Å². The van der Waals surface area contributed by atoms with Gasteiger partial charge in [0.1, 0.15) is 0 Å². The first kappa shape index (κ1) is 19.3. The van der Waals surface area contributed by atoms with Crippen LogP contribution in [0.3, 0.4) is 0 Å². The fraction of sp³-hybridized carbons (Fsp3) is 0.435. The zero-order valence-corrected chi connectivity index (χ0v) is 17.3. The van der Waals surface area contributed by atoms with Crippen LogP contribution < -0.4 is 0 Å². The summed E-state index contributed by atoms with van der Waals surface area (Å²) in [6.45, 7) is 14.0. The molecule has 3 aromatic rings. The Morgan fingerprint density at radius 1 is 0.778 bits per heavy atom. The minimum atomic E-state index is 0.139. The summed E-state index contributed by atoms with van der Waals surface area (Å²) in [6, 6.07) is 17.3. The van der Waals surface area contributed by atoms with Gasteiger partial charge in [-0.1, -0.05) is 90.1 Å². The molecule has 0 aliphatic carbocycles. The minimum absolute atomic E-state index is 0.139. The van der Waals surface area contributed by atoms with E-state index in [-0.39, 0.29) is 10.8 Å². The van der Waals surface area contributed by atoms with Crippen molar-refractivity contribution >= 4 is 0 Å². The summed E-state index contributed by atoms with van der Waals surface area (Å²) in [5.41, 5.74) is 5.36. The van der Waals surface area contributed by atoms with Crippen LogP contribution in [0.15, 0.2) is 48.5 Å². The molecule has 0 amide bonds. The van der Waals surface area contributed by atoms with Gasteiger partial charge in [-0.05, 0) is 38.3 Å². The molecule has 3 rings (SSSR count). The number of hydrogen-bond acceptors (Lipinski definition) is 3. The molecule has 0 radical (unpaired) electrons. The summed E-state index contributed by atoms with van der Waals surface area (Å²) in [5.74, 6) is 0.757. The maximum Gasteiger partial charge on any atom is 0.179 e. The molecule has 2 aromatic carbocycles. The van der Waals surface area contributed by atoms with Crippen LogP contribution in [-0.2, 0) is 23.8 Å². The van der Waals surface area contributed by atoms with Crippen molar-refractivity contribution in [3.63, 3.8) is 0 Å². The van der Waals surface area contributed by atoms with Crippen LogP contribution in [-0.4, -0.2) is 20.2 Å². The van der Waals surface area contributed by atoms with Crippen LogP contribution in [0.5, 0.6) is 0 Å². The molecule has 1 aromatic heterocycles. The molecule has 0 spiro atoms. The summed E-state index contributed by atoms with van der Waals surface area (Å²) in [5, 5.41) is 13.0. The summed E-state index contributed by atoms with van der Waals surface area (Å²) >= 11 is 0. The molecule has 27 heavy (non-hydrogen) atoms. The molecule has 0 aliphatic heterocycles. The van der Waals surface area contributed by atoms with Gasteiger partial charge in [-0.25, -0.2) is 0 Å². The Kier molecular flexibility index (Phi) is 5.18. The van der Waals surface area contributed by atoms with E-state index in [4.69, 9.17) is 0 Å². The number of tetrazole rings is 1. The lowest BCUT2D eigenvalue weighted by atomic mass is 9.86. The van der Waals surface area contributed by atoms with Gasteiger partial charge in [-0.2, -0.15) is 4.80 Å². The second-order valence-electron chi connectivity index (χ2n) is 9.31. The highest BCUT2D eigenvalue weighted by Crippen LogP contribution is 2.24. The van der Waals surface area contributed by atoms with Gasteiger partial charge >= 0.3 is 0 Å². The lowest BCUT2D eigenvalue weighted by Crippen LogP contribution is -2.11. The van der Waals surface area contributed by atoms with Gasteiger partial charge in [-0.15, -0.1) is 10.2 Å². The number of hydrogen-bond donors (Lipinski definition) is 0. The van der Waals surface area contributed by atoms with Crippen molar-refractivity contribution in [3.8, 4) is 0 Å². The number of benzene rings is 2. The molecule has 4 heteroatoms. The van der Waals surface area contributed by atoms with Crippen LogP contribution in [0.2, 0.25) is 0 Å². The Morgan fingerprint density at radius 3 is 2.07 bits per heavy atom. The molecule has 0 bridgehead atoms. The van der Waals surface area contributed by atoms with Crippen molar-refractivity contribution in [1.29, 1.82) is 0 Å². The molecule has 0 saturated carbocycles. The summed E-state index contributed by atoms with van der Waals surface area (Å²) in [4.78, 5) is 1.68. The van der Waals surface area contributed by atoms with Crippen molar-refractivity contribution in [2.24, 2.45) is 0 Å². The maximum absolute atomic E-state index is 4.56. The van der Waals surface area contributed by atoms with Crippen LogP contribution in [0.25, 0.3) is 0 Å². The fourth-order valence-corrected chi connectivity index (χ4v) is 3.02. The highest BCUT2D eigenvalue weighted by Gasteiger charge is 2.15. The molecular weight excluding hydrogens is 332 g/mol. The van der Waals surface area contributed by atoms with Crippen LogP contribution >= 0.6 is 0 Å². The van der Waals surface area contributed by atoms with Gasteiger partial charge in [0.2, 0.25) is 0 Å². The Labute approximate surface area is 162 Å². The molecule has 0 N–H and O–H groups in total. The van der Waals surface area contributed by atoms with Gasteiger partial charge in [0.05, 0.1) is 6.54 Å². The molecule has 0 atom stereocenters. The first-order valence-corrected chi connectivity index (χ1v) is 9.57. The minimum Gasteiger partial charge on any atom is -0.160 e. The third-order valence-corrected chi connectivity index (χ3v) is 4.79. The van der Waals surface area contributed by atoms with Crippen LogP contribution in [0.4, 0.5) is 0 Å². The first-order valence-electron chi connectivity index (χ1n) is 9.57. The van der Waals surface area contributed by atoms with E-state index in [1.54, 1.807) is 4.80 Å².